The van der Waals surface area contributed by atoms with E-state index in [-0.39, 0.29) is 63.7 Å². The Morgan fingerprint density at radius 1 is 0.694 bits per heavy atom. The van der Waals surface area contributed by atoms with Gasteiger partial charge in [-0.15, -0.1) is 0 Å². The Labute approximate surface area is 207 Å². The summed E-state index contributed by atoms with van der Waals surface area (Å²) in [5.74, 6) is -4.57. The average Bonchev–Trinajstić information content (AvgIpc) is 2.79. The zero-order valence-electron chi connectivity index (χ0n) is 19.9. The third-order valence-electron chi connectivity index (χ3n) is 4.65. The molecule has 0 aromatic carbocycles. The minimum absolute atomic E-state index is 0.0298. The number of carboxylic acids is 1. The Morgan fingerprint density at radius 3 is 1.53 bits per heavy atom. The molecule has 0 fully saturated rings. The molecule has 0 radical (unpaired) electrons. The van der Waals surface area contributed by atoms with Crippen molar-refractivity contribution >= 4 is 41.5 Å². The molecule has 4 amide bonds. The molecule has 17 nitrogen and oxygen atoms in total. The van der Waals surface area contributed by atoms with E-state index in [1.54, 1.807) is 0 Å². The highest BCUT2D eigenvalue weighted by Crippen LogP contribution is 2.05. The summed E-state index contributed by atoms with van der Waals surface area (Å²) in [6, 6.07) is -3.71. The van der Waals surface area contributed by atoms with Crippen LogP contribution in [-0.4, -0.2) is 84.4 Å². The van der Waals surface area contributed by atoms with Crippen molar-refractivity contribution in [2.75, 3.05) is 19.6 Å². The van der Waals surface area contributed by atoms with Gasteiger partial charge in [-0.05, 0) is 32.1 Å². The van der Waals surface area contributed by atoms with E-state index >= 15 is 0 Å². The van der Waals surface area contributed by atoms with Gasteiger partial charge in [-0.2, -0.15) is 0 Å². The normalized spacial score (nSPS) is 12.8. The lowest BCUT2D eigenvalue weighted by Crippen LogP contribution is -2.56. The van der Waals surface area contributed by atoms with Gasteiger partial charge < -0.3 is 55.5 Å². The molecule has 17 heteroatoms. The van der Waals surface area contributed by atoms with Crippen LogP contribution in [0.3, 0.4) is 0 Å². The van der Waals surface area contributed by atoms with Crippen LogP contribution in [0.4, 0.5) is 0 Å². The summed E-state index contributed by atoms with van der Waals surface area (Å²) in [4.78, 5) is 67.7. The van der Waals surface area contributed by atoms with E-state index in [0.717, 1.165) is 0 Å². The Balaban J connectivity index is 5.55. The number of nitrogens with zero attached hydrogens (tertiary/aromatic N) is 2. The summed E-state index contributed by atoms with van der Waals surface area (Å²) in [6.07, 6.45) is 0.192. The number of carboxylic acid groups (broad SMARTS) is 1. The number of carbonyl (C=O) groups excluding carboxylic acids is 4. The highest BCUT2D eigenvalue weighted by atomic mass is 16.4. The number of nitrogens with two attached hydrogens (primary N) is 6. The van der Waals surface area contributed by atoms with Crippen LogP contribution < -0.4 is 50.4 Å². The van der Waals surface area contributed by atoms with Crippen molar-refractivity contribution in [2.24, 2.45) is 44.4 Å². The molecule has 0 aliphatic heterocycles. The first kappa shape index (κ1) is 31.8. The molecule has 0 heterocycles. The van der Waals surface area contributed by atoms with Gasteiger partial charge in [0, 0.05) is 19.5 Å². The van der Waals surface area contributed by atoms with Gasteiger partial charge in [0.15, 0.2) is 11.9 Å². The Kier molecular flexibility index (Phi) is 15.3. The predicted molar refractivity (Wildman–Crippen MR) is 131 cm³/mol. The highest BCUT2D eigenvalue weighted by Gasteiger charge is 2.29. The lowest BCUT2D eigenvalue weighted by atomic mass is 10.1. The number of nitrogens with one attached hydrogen (secondary N) is 3. The maximum absolute atomic E-state index is 12.9. The minimum Gasteiger partial charge on any atom is -0.480 e. The first-order valence-electron chi connectivity index (χ1n) is 11.1. The molecule has 36 heavy (non-hydrogen) atoms. The molecule has 3 atom stereocenters. The zero-order chi connectivity index (χ0) is 27.7. The van der Waals surface area contributed by atoms with Gasteiger partial charge in [-0.25, -0.2) is 4.79 Å². The molecule has 0 bridgehead atoms. The smallest absolute Gasteiger partial charge is 0.326 e. The van der Waals surface area contributed by atoms with E-state index in [2.05, 4.69) is 25.9 Å². The second kappa shape index (κ2) is 17.3. The number of hydrogen-bond acceptors (Lipinski definition) is 8. The second-order valence-electron chi connectivity index (χ2n) is 7.69. The van der Waals surface area contributed by atoms with Crippen molar-refractivity contribution in [2.45, 2.75) is 56.7 Å². The van der Waals surface area contributed by atoms with Crippen LogP contribution >= 0.6 is 0 Å². The van der Waals surface area contributed by atoms with Gasteiger partial charge in [-0.1, -0.05) is 0 Å². The molecular weight excluding hydrogens is 478 g/mol. The number of aliphatic carboxylic acids is 1. The van der Waals surface area contributed by atoms with Crippen LogP contribution in [0.1, 0.15) is 38.5 Å². The summed E-state index contributed by atoms with van der Waals surface area (Å²) in [6.45, 7) is -0.0503. The molecular formula is C19H37N11O6. The SMILES string of the molecule is NCC(=O)NC(CCCN=C(N)N)C(=O)NC(CCCN=C(N)N)C(=O)NC(CCC(N)=O)C(=O)O. The fourth-order valence-corrected chi connectivity index (χ4v) is 2.89. The Morgan fingerprint density at radius 2 is 1.14 bits per heavy atom. The molecule has 0 saturated heterocycles. The maximum Gasteiger partial charge on any atom is 0.326 e. The molecule has 3 unspecified atom stereocenters. The molecule has 0 saturated carbocycles. The number of guanidine groups is 2. The van der Waals surface area contributed by atoms with Crippen molar-refractivity contribution in [3.05, 3.63) is 0 Å². The van der Waals surface area contributed by atoms with E-state index in [1.165, 1.54) is 0 Å². The van der Waals surface area contributed by atoms with Crippen molar-refractivity contribution in [1.29, 1.82) is 0 Å². The van der Waals surface area contributed by atoms with Gasteiger partial charge in [0.25, 0.3) is 0 Å². The van der Waals surface area contributed by atoms with Crippen molar-refractivity contribution in [1.82, 2.24) is 16.0 Å². The fraction of sp³-hybridized carbons (Fsp3) is 0.632. The third-order valence-corrected chi connectivity index (χ3v) is 4.65. The van der Waals surface area contributed by atoms with E-state index in [4.69, 9.17) is 34.4 Å². The molecule has 0 aliphatic rings. The maximum atomic E-state index is 12.9. The molecule has 0 aliphatic carbocycles. The van der Waals surface area contributed by atoms with E-state index in [9.17, 15) is 29.1 Å². The summed E-state index contributed by atoms with van der Waals surface area (Å²) in [5, 5.41) is 16.6. The topological polar surface area (TPSA) is 323 Å². The quantitative estimate of drug-likeness (QED) is 0.0467. The van der Waals surface area contributed by atoms with E-state index in [0.29, 0.717) is 6.42 Å². The average molecular weight is 516 g/mol. The largest absolute Gasteiger partial charge is 0.480 e. The molecule has 204 valence electrons. The molecule has 16 N–H and O–H groups in total. The monoisotopic (exact) mass is 515 g/mol. The predicted octanol–water partition coefficient (Wildman–Crippen LogP) is -5.14. The first-order chi connectivity index (χ1) is 16.9. The zero-order valence-corrected chi connectivity index (χ0v) is 19.9. The van der Waals surface area contributed by atoms with Crippen molar-refractivity contribution < 1.29 is 29.1 Å². The molecule has 0 rings (SSSR count). The van der Waals surface area contributed by atoms with Crippen LogP contribution in [0, 0.1) is 0 Å². The molecule has 0 spiro atoms. The van der Waals surface area contributed by atoms with Crippen LogP contribution in [0.5, 0.6) is 0 Å². The Hall–Kier alpha value is -4.15. The van der Waals surface area contributed by atoms with Crippen LogP contribution in [0.15, 0.2) is 9.98 Å². The van der Waals surface area contributed by atoms with Gasteiger partial charge in [0.1, 0.15) is 18.1 Å². The summed E-state index contributed by atoms with van der Waals surface area (Å²) in [5.41, 5.74) is 31.5. The third kappa shape index (κ3) is 14.9. The fourth-order valence-electron chi connectivity index (χ4n) is 2.89. The highest BCUT2D eigenvalue weighted by molar-refractivity contribution is 5.93. The number of rotatable bonds is 18. The van der Waals surface area contributed by atoms with Gasteiger partial charge in [-0.3, -0.25) is 29.2 Å². The number of primary amides is 1. The van der Waals surface area contributed by atoms with Crippen LogP contribution in [-0.2, 0) is 24.0 Å². The van der Waals surface area contributed by atoms with E-state index < -0.39 is 47.7 Å². The first-order valence-corrected chi connectivity index (χ1v) is 11.1. The van der Waals surface area contributed by atoms with Crippen molar-refractivity contribution in [3.8, 4) is 0 Å². The van der Waals surface area contributed by atoms with E-state index in [1.807, 2.05) is 0 Å². The van der Waals surface area contributed by atoms with Crippen LogP contribution in [0.2, 0.25) is 0 Å². The summed E-state index contributed by atoms with van der Waals surface area (Å²) < 4.78 is 0. The molecule has 0 aromatic rings. The van der Waals surface area contributed by atoms with Crippen molar-refractivity contribution in [3.63, 3.8) is 0 Å². The van der Waals surface area contributed by atoms with Gasteiger partial charge in [0.2, 0.25) is 23.6 Å². The lowest BCUT2D eigenvalue weighted by Gasteiger charge is -2.24. The number of carbonyl (C=O) groups is 5. The lowest BCUT2D eigenvalue weighted by molar-refractivity contribution is -0.142. The summed E-state index contributed by atoms with van der Waals surface area (Å²) in [7, 11) is 0. The van der Waals surface area contributed by atoms with Gasteiger partial charge in [0.05, 0.1) is 6.54 Å². The minimum atomic E-state index is -1.42. The van der Waals surface area contributed by atoms with Crippen LogP contribution in [0.25, 0.3) is 0 Å². The van der Waals surface area contributed by atoms with Gasteiger partial charge >= 0.3 is 5.97 Å². The second-order valence-corrected chi connectivity index (χ2v) is 7.69. The number of aliphatic imine (C=N–C) groups is 2. The number of amides is 4. The Bertz CT molecular complexity index is 825. The number of hydrogen-bond donors (Lipinski definition) is 10. The summed E-state index contributed by atoms with van der Waals surface area (Å²) >= 11 is 0. The molecule has 0 aromatic heterocycles. The standard InChI is InChI=1S/C19H37N11O6/c20-9-14(32)28-10(3-1-7-26-18(22)23)15(33)29-11(4-2-8-27-19(24)25)16(34)30-12(17(35)36)5-6-13(21)31/h10-12H,1-9,20H2,(H2,21,31)(H,28,32)(H,29,33)(H,30,34)(H,35,36)(H4,22,23,26)(H4,24,25,27).